The molecule has 28 heavy (non-hydrogen) atoms. The van der Waals surface area contributed by atoms with Crippen LogP contribution in [0.3, 0.4) is 0 Å². The predicted molar refractivity (Wildman–Crippen MR) is 95.0 cm³/mol. The summed E-state index contributed by atoms with van der Waals surface area (Å²) < 4.78 is 50.3. The van der Waals surface area contributed by atoms with Gasteiger partial charge in [-0.25, -0.2) is 4.68 Å². The number of benzene rings is 1. The molecule has 2 aliphatic heterocycles. The summed E-state index contributed by atoms with van der Waals surface area (Å²) in [5.74, 6) is -0.576. The number of halogens is 4. The third kappa shape index (κ3) is 3.06. The molecule has 2 atom stereocenters. The van der Waals surface area contributed by atoms with Gasteiger partial charge in [0.15, 0.2) is 16.8 Å². The van der Waals surface area contributed by atoms with E-state index < -0.39 is 12.1 Å². The molecule has 4 heterocycles. The quantitative estimate of drug-likeness (QED) is 0.708. The summed E-state index contributed by atoms with van der Waals surface area (Å²) in [6.07, 6.45) is 0.382. The van der Waals surface area contributed by atoms with E-state index in [2.05, 4.69) is 20.1 Å². The number of piperazine rings is 1. The Hall–Kier alpha value is -2.46. The number of oxazole rings is 1. The van der Waals surface area contributed by atoms with Gasteiger partial charge in [0.1, 0.15) is 5.69 Å². The van der Waals surface area contributed by atoms with Gasteiger partial charge in [-0.05, 0) is 25.0 Å². The molecular weight excluding hydrogens is 399 g/mol. The summed E-state index contributed by atoms with van der Waals surface area (Å²) in [5, 5.41) is 7.38. The molecule has 1 aromatic carbocycles. The molecular formula is C17H15ClF3N5O2. The Balaban J connectivity index is 1.65. The van der Waals surface area contributed by atoms with Gasteiger partial charge in [-0.1, -0.05) is 11.6 Å². The van der Waals surface area contributed by atoms with E-state index in [1.807, 2.05) is 4.90 Å². The molecule has 5 rings (SSSR count). The summed E-state index contributed by atoms with van der Waals surface area (Å²) in [6, 6.07) is 3.89. The number of nitrogens with zero attached hydrogens (tertiary/aromatic N) is 4. The van der Waals surface area contributed by atoms with Crippen LogP contribution < -0.4 is 15.0 Å². The average molecular weight is 414 g/mol. The van der Waals surface area contributed by atoms with E-state index in [-0.39, 0.29) is 22.1 Å². The molecule has 2 unspecified atom stereocenters. The van der Waals surface area contributed by atoms with E-state index in [0.717, 1.165) is 12.8 Å². The first kappa shape index (κ1) is 17.6. The fraction of sp³-hybridized carbons (Fsp3) is 0.412. The first-order chi connectivity index (χ1) is 13.4. The van der Waals surface area contributed by atoms with E-state index in [9.17, 15) is 13.2 Å². The van der Waals surface area contributed by atoms with Crippen LogP contribution in [-0.2, 0) is 0 Å². The Morgan fingerprint density at radius 3 is 2.64 bits per heavy atom. The summed E-state index contributed by atoms with van der Waals surface area (Å²) in [5.41, 5.74) is 0.431. The van der Waals surface area contributed by atoms with Gasteiger partial charge in [0, 0.05) is 37.6 Å². The Labute approximate surface area is 162 Å². The first-order valence-electron chi connectivity index (χ1n) is 8.77. The van der Waals surface area contributed by atoms with Crippen molar-refractivity contribution in [2.45, 2.75) is 31.3 Å². The van der Waals surface area contributed by atoms with Crippen molar-refractivity contribution in [3.8, 4) is 11.4 Å². The molecule has 0 amide bonds. The van der Waals surface area contributed by atoms with Gasteiger partial charge in [-0.15, -0.1) is 13.2 Å². The van der Waals surface area contributed by atoms with Crippen molar-refractivity contribution in [1.29, 1.82) is 0 Å². The molecule has 2 aromatic heterocycles. The van der Waals surface area contributed by atoms with Crippen molar-refractivity contribution in [2.75, 3.05) is 18.0 Å². The van der Waals surface area contributed by atoms with Crippen LogP contribution in [0.4, 0.5) is 19.2 Å². The normalized spacial score (nSPS) is 22.2. The van der Waals surface area contributed by atoms with Crippen molar-refractivity contribution in [2.24, 2.45) is 0 Å². The van der Waals surface area contributed by atoms with Crippen molar-refractivity contribution >= 4 is 28.7 Å². The fourth-order valence-electron chi connectivity index (χ4n) is 3.88. The molecule has 3 aromatic rings. The molecule has 2 bridgehead atoms. The van der Waals surface area contributed by atoms with Crippen LogP contribution in [0.2, 0.25) is 5.02 Å². The molecule has 2 aliphatic rings. The second-order valence-electron chi connectivity index (χ2n) is 6.92. The minimum Gasteiger partial charge on any atom is -0.421 e. The number of aromatic nitrogens is 3. The Bertz CT molecular complexity index is 1010. The monoisotopic (exact) mass is 413 g/mol. The summed E-state index contributed by atoms with van der Waals surface area (Å²) in [7, 11) is 0. The zero-order valence-electron chi connectivity index (χ0n) is 14.4. The Kier molecular flexibility index (Phi) is 3.95. The maximum atomic E-state index is 12.9. The van der Waals surface area contributed by atoms with Crippen LogP contribution in [0.5, 0.6) is 5.75 Å². The van der Waals surface area contributed by atoms with Crippen molar-refractivity contribution in [3.63, 3.8) is 0 Å². The SMILES string of the molecule is FC(F)(F)Oc1c(Cl)cc(-n2cccn2)c2oc(N3CC4CCC(C3)N4)nc12. The van der Waals surface area contributed by atoms with Crippen LogP contribution in [0, 0.1) is 0 Å². The molecule has 148 valence electrons. The number of hydrogen-bond donors (Lipinski definition) is 1. The number of fused-ring (bicyclic) bond motifs is 3. The van der Waals surface area contributed by atoms with Crippen molar-refractivity contribution in [3.05, 3.63) is 29.5 Å². The van der Waals surface area contributed by atoms with Crippen LogP contribution in [0.25, 0.3) is 16.8 Å². The molecule has 0 radical (unpaired) electrons. The summed E-state index contributed by atoms with van der Waals surface area (Å²) >= 11 is 6.11. The highest BCUT2D eigenvalue weighted by Gasteiger charge is 2.37. The van der Waals surface area contributed by atoms with E-state index in [1.54, 1.807) is 18.5 Å². The van der Waals surface area contributed by atoms with Crippen LogP contribution in [-0.4, -0.2) is 46.3 Å². The standard InChI is InChI=1S/C17H15ClF3N5O2/c18-11-6-12(26-5-1-4-22-26)15-13(14(11)28-17(19,20)21)24-16(27-15)25-7-9-2-3-10(8-25)23-9/h1,4-6,9-10,23H,2-3,7-8H2. The van der Waals surface area contributed by atoms with Gasteiger partial charge in [-0.2, -0.15) is 10.1 Å². The largest absolute Gasteiger partial charge is 0.573 e. The van der Waals surface area contributed by atoms with Crippen molar-refractivity contribution < 1.29 is 22.3 Å². The second-order valence-corrected chi connectivity index (χ2v) is 7.33. The van der Waals surface area contributed by atoms with Gasteiger partial charge >= 0.3 is 6.36 Å². The first-order valence-corrected chi connectivity index (χ1v) is 9.15. The molecule has 0 spiro atoms. The maximum absolute atomic E-state index is 12.9. The lowest BCUT2D eigenvalue weighted by atomic mass is 10.2. The second kappa shape index (κ2) is 6.28. The van der Waals surface area contributed by atoms with Gasteiger partial charge in [0.2, 0.25) is 0 Å². The summed E-state index contributed by atoms with van der Waals surface area (Å²) in [6.45, 7) is 1.34. The number of nitrogens with one attached hydrogen (secondary N) is 1. The highest BCUT2D eigenvalue weighted by atomic mass is 35.5. The smallest absolute Gasteiger partial charge is 0.421 e. The third-order valence-corrected chi connectivity index (χ3v) is 5.28. The molecule has 2 saturated heterocycles. The maximum Gasteiger partial charge on any atom is 0.573 e. The summed E-state index contributed by atoms with van der Waals surface area (Å²) in [4.78, 5) is 6.27. The molecule has 0 aliphatic carbocycles. The lowest BCUT2D eigenvalue weighted by molar-refractivity contribution is -0.274. The molecule has 0 saturated carbocycles. The number of ether oxygens (including phenoxy) is 1. The van der Waals surface area contributed by atoms with E-state index in [1.165, 1.54) is 10.7 Å². The molecule has 11 heteroatoms. The van der Waals surface area contributed by atoms with Crippen LogP contribution in [0.15, 0.2) is 28.9 Å². The highest BCUT2D eigenvalue weighted by Crippen LogP contribution is 2.42. The number of anilines is 1. The van der Waals surface area contributed by atoms with Crippen molar-refractivity contribution in [1.82, 2.24) is 20.1 Å². The molecule has 7 nitrogen and oxygen atoms in total. The van der Waals surface area contributed by atoms with Crippen LogP contribution in [0.1, 0.15) is 12.8 Å². The lowest BCUT2D eigenvalue weighted by Crippen LogP contribution is -2.51. The Morgan fingerprint density at radius 2 is 2.00 bits per heavy atom. The predicted octanol–water partition coefficient (Wildman–Crippen LogP) is 3.51. The average Bonchev–Trinajstić information content (AvgIpc) is 3.36. The lowest BCUT2D eigenvalue weighted by Gasteiger charge is -2.31. The molecule has 2 fully saturated rings. The number of rotatable bonds is 3. The fourth-order valence-corrected chi connectivity index (χ4v) is 4.11. The van der Waals surface area contributed by atoms with Gasteiger partial charge in [-0.3, -0.25) is 0 Å². The van der Waals surface area contributed by atoms with Gasteiger partial charge in [0.05, 0.1) is 5.02 Å². The topological polar surface area (TPSA) is 68.3 Å². The van der Waals surface area contributed by atoms with Gasteiger partial charge < -0.3 is 19.4 Å². The van der Waals surface area contributed by atoms with Crippen LogP contribution >= 0.6 is 11.6 Å². The molecule has 1 N–H and O–H groups in total. The third-order valence-electron chi connectivity index (χ3n) is 5.00. The Morgan fingerprint density at radius 1 is 1.25 bits per heavy atom. The minimum absolute atomic E-state index is 0.0868. The highest BCUT2D eigenvalue weighted by molar-refractivity contribution is 6.33. The number of alkyl halides is 3. The minimum atomic E-state index is -4.91. The zero-order valence-corrected chi connectivity index (χ0v) is 15.2. The van der Waals surface area contributed by atoms with E-state index >= 15 is 0 Å². The zero-order chi connectivity index (χ0) is 19.5. The van der Waals surface area contributed by atoms with E-state index in [4.69, 9.17) is 16.0 Å². The van der Waals surface area contributed by atoms with Gasteiger partial charge in [0.25, 0.3) is 6.01 Å². The number of hydrogen-bond acceptors (Lipinski definition) is 6. The van der Waals surface area contributed by atoms with E-state index in [0.29, 0.717) is 30.9 Å².